The summed E-state index contributed by atoms with van der Waals surface area (Å²) in [5.74, 6) is -0.664. The maximum Gasteiger partial charge on any atom is 0.451 e. The molecule has 2 saturated heterocycles. The number of aromatic nitrogens is 4. The van der Waals surface area contributed by atoms with Crippen molar-refractivity contribution >= 4 is 17.0 Å². The van der Waals surface area contributed by atoms with Crippen LogP contribution in [0.5, 0.6) is 0 Å². The molecule has 2 aliphatic rings. The number of piperidine rings is 1. The molecule has 0 aliphatic carbocycles. The van der Waals surface area contributed by atoms with Gasteiger partial charge in [0.15, 0.2) is 17.8 Å². The Hall–Kier alpha value is -1.94. The number of ether oxygens (including phenoxy) is 2. The molecule has 0 radical (unpaired) electrons. The van der Waals surface area contributed by atoms with Gasteiger partial charge in [-0.2, -0.15) is 13.2 Å². The predicted octanol–water partition coefficient (Wildman–Crippen LogP) is 1.96. The molecule has 0 saturated carbocycles. The van der Waals surface area contributed by atoms with Crippen molar-refractivity contribution in [3.63, 3.8) is 0 Å². The molecule has 10 heteroatoms. The summed E-state index contributed by atoms with van der Waals surface area (Å²) >= 11 is 0. The van der Waals surface area contributed by atoms with Crippen LogP contribution in [0.4, 0.5) is 19.0 Å². The van der Waals surface area contributed by atoms with Crippen molar-refractivity contribution in [2.45, 2.75) is 25.3 Å². The van der Waals surface area contributed by atoms with Gasteiger partial charge in [0.1, 0.15) is 5.52 Å². The van der Waals surface area contributed by atoms with E-state index in [9.17, 15) is 13.2 Å². The molecule has 2 fully saturated rings. The summed E-state index contributed by atoms with van der Waals surface area (Å²) < 4.78 is 50.1. The minimum absolute atomic E-state index is 0.0249. The third-order valence-corrected chi connectivity index (χ3v) is 4.39. The molecule has 2 aromatic heterocycles. The Morgan fingerprint density at radius 2 is 1.83 bits per heavy atom. The molecule has 130 valence electrons. The second-order valence-electron chi connectivity index (χ2n) is 5.90. The molecule has 0 amide bonds. The molecule has 2 aromatic rings. The topological polar surface area (TPSA) is 76.2 Å². The van der Waals surface area contributed by atoms with Gasteiger partial charge in [-0.3, -0.25) is 0 Å². The normalized spacial score (nSPS) is 21.0. The Morgan fingerprint density at radius 3 is 2.50 bits per heavy atom. The first kappa shape index (κ1) is 15.6. The maximum absolute atomic E-state index is 13.0. The van der Waals surface area contributed by atoms with Crippen molar-refractivity contribution in [2.75, 3.05) is 31.2 Å². The molecule has 1 N–H and O–H groups in total. The zero-order chi connectivity index (χ0) is 16.7. The van der Waals surface area contributed by atoms with Crippen molar-refractivity contribution in [2.24, 2.45) is 5.92 Å². The highest BCUT2D eigenvalue weighted by Crippen LogP contribution is 2.33. The Bertz CT molecular complexity index is 721. The Balaban J connectivity index is 1.59. The minimum Gasteiger partial charge on any atom is -0.355 e. The van der Waals surface area contributed by atoms with E-state index in [1.54, 1.807) is 0 Å². The van der Waals surface area contributed by atoms with Crippen LogP contribution in [0.3, 0.4) is 0 Å². The van der Waals surface area contributed by atoms with Gasteiger partial charge < -0.3 is 19.4 Å². The van der Waals surface area contributed by atoms with Crippen LogP contribution < -0.4 is 4.90 Å². The minimum atomic E-state index is -4.61. The lowest BCUT2D eigenvalue weighted by atomic mass is 9.96. The average Bonchev–Trinajstić information content (AvgIpc) is 3.24. The quantitative estimate of drug-likeness (QED) is 0.898. The van der Waals surface area contributed by atoms with Crippen LogP contribution >= 0.6 is 0 Å². The van der Waals surface area contributed by atoms with Crippen LogP contribution in [-0.2, 0) is 15.7 Å². The lowest BCUT2D eigenvalue weighted by Gasteiger charge is -2.34. The van der Waals surface area contributed by atoms with E-state index in [1.807, 2.05) is 4.90 Å². The second-order valence-corrected chi connectivity index (χ2v) is 5.90. The molecule has 4 rings (SSSR count). The van der Waals surface area contributed by atoms with Gasteiger partial charge in [0.05, 0.1) is 19.5 Å². The molecular weight excluding hydrogens is 327 g/mol. The molecule has 2 aliphatic heterocycles. The summed E-state index contributed by atoms with van der Waals surface area (Å²) in [6, 6.07) is 0. The first-order valence-corrected chi connectivity index (χ1v) is 7.79. The first-order chi connectivity index (χ1) is 11.5. The van der Waals surface area contributed by atoms with Gasteiger partial charge in [-0.1, -0.05) is 0 Å². The number of halogens is 3. The predicted molar refractivity (Wildman–Crippen MR) is 77.3 cm³/mol. The summed E-state index contributed by atoms with van der Waals surface area (Å²) in [5, 5.41) is 0. The van der Waals surface area contributed by atoms with Gasteiger partial charge in [0, 0.05) is 19.0 Å². The van der Waals surface area contributed by atoms with Gasteiger partial charge in [-0.25, -0.2) is 15.0 Å². The highest BCUT2D eigenvalue weighted by atomic mass is 19.4. The number of alkyl halides is 3. The van der Waals surface area contributed by atoms with Gasteiger partial charge in [0.2, 0.25) is 5.82 Å². The number of imidazole rings is 1. The van der Waals surface area contributed by atoms with E-state index in [2.05, 4.69) is 19.9 Å². The fourth-order valence-electron chi connectivity index (χ4n) is 3.21. The lowest BCUT2D eigenvalue weighted by molar-refractivity contribution is -0.144. The number of hydrogen-bond acceptors (Lipinski definition) is 6. The van der Waals surface area contributed by atoms with E-state index >= 15 is 0 Å². The summed E-state index contributed by atoms with van der Waals surface area (Å²) in [7, 11) is 0. The fourth-order valence-corrected chi connectivity index (χ4v) is 3.21. The second kappa shape index (κ2) is 5.85. The number of rotatable bonds is 2. The van der Waals surface area contributed by atoms with E-state index in [0.29, 0.717) is 31.8 Å². The van der Waals surface area contributed by atoms with Gasteiger partial charge >= 0.3 is 6.18 Å². The van der Waals surface area contributed by atoms with Gasteiger partial charge in [0.25, 0.3) is 0 Å². The number of nitrogens with zero attached hydrogens (tertiary/aromatic N) is 4. The Labute approximate surface area is 135 Å². The molecular formula is C14H16F3N5O2. The van der Waals surface area contributed by atoms with Crippen molar-refractivity contribution in [1.82, 2.24) is 19.9 Å². The zero-order valence-corrected chi connectivity index (χ0v) is 12.7. The molecule has 4 heterocycles. The number of nitrogens with one attached hydrogen (secondary N) is 1. The largest absolute Gasteiger partial charge is 0.451 e. The number of H-pyrrole nitrogens is 1. The van der Waals surface area contributed by atoms with E-state index in [1.165, 1.54) is 6.33 Å². The van der Waals surface area contributed by atoms with E-state index < -0.39 is 12.0 Å². The number of fused-ring (bicyclic) bond motifs is 1. The third kappa shape index (κ3) is 2.80. The van der Waals surface area contributed by atoms with Crippen molar-refractivity contribution in [3.8, 4) is 0 Å². The first-order valence-electron chi connectivity index (χ1n) is 7.79. The highest BCUT2D eigenvalue weighted by Gasteiger charge is 2.37. The third-order valence-electron chi connectivity index (χ3n) is 4.39. The smallest absolute Gasteiger partial charge is 0.355 e. The SMILES string of the molecule is FC(F)(F)c1nc(N2CCC(C3OCCO3)CC2)c2[nH]cnc2n1. The molecule has 0 unspecified atom stereocenters. The van der Waals surface area contributed by atoms with Crippen LogP contribution in [0.2, 0.25) is 0 Å². The number of aromatic amines is 1. The van der Waals surface area contributed by atoms with E-state index in [4.69, 9.17) is 9.47 Å². The number of hydrogen-bond donors (Lipinski definition) is 1. The summed E-state index contributed by atoms with van der Waals surface area (Å²) in [6.45, 7) is 2.35. The molecule has 0 aromatic carbocycles. The average molecular weight is 343 g/mol. The number of anilines is 1. The van der Waals surface area contributed by atoms with Crippen LogP contribution in [0.25, 0.3) is 11.2 Å². The van der Waals surface area contributed by atoms with E-state index in [0.717, 1.165) is 12.8 Å². The standard InChI is InChI=1S/C14H16F3N5O2/c15-14(16,17)13-20-10-9(18-7-19-10)11(21-13)22-3-1-8(2-4-22)12-23-5-6-24-12/h7-8,12H,1-6H2,(H,18,19,20,21). The van der Waals surface area contributed by atoms with Gasteiger partial charge in [-0.15, -0.1) is 0 Å². The molecule has 0 atom stereocenters. The van der Waals surface area contributed by atoms with Gasteiger partial charge in [-0.05, 0) is 12.8 Å². The van der Waals surface area contributed by atoms with Crippen LogP contribution in [0.1, 0.15) is 18.7 Å². The van der Waals surface area contributed by atoms with Crippen molar-refractivity contribution < 1.29 is 22.6 Å². The van der Waals surface area contributed by atoms with Crippen molar-refractivity contribution in [1.29, 1.82) is 0 Å². The molecule has 7 nitrogen and oxygen atoms in total. The van der Waals surface area contributed by atoms with Crippen LogP contribution in [-0.4, -0.2) is 52.5 Å². The van der Waals surface area contributed by atoms with Crippen molar-refractivity contribution in [3.05, 3.63) is 12.2 Å². The molecule has 24 heavy (non-hydrogen) atoms. The fraction of sp³-hybridized carbons (Fsp3) is 0.643. The highest BCUT2D eigenvalue weighted by molar-refractivity contribution is 5.83. The Kier molecular flexibility index (Phi) is 3.80. The summed E-state index contributed by atoms with van der Waals surface area (Å²) in [4.78, 5) is 15.8. The molecule has 0 spiro atoms. The lowest BCUT2D eigenvalue weighted by Crippen LogP contribution is -2.39. The van der Waals surface area contributed by atoms with Crippen LogP contribution in [0.15, 0.2) is 6.33 Å². The van der Waals surface area contributed by atoms with Crippen LogP contribution in [0, 0.1) is 5.92 Å². The summed E-state index contributed by atoms with van der Waals surface area (Å²) in [5.41, 5.74) is 0.451. The zero-order valence-electron chi connectivity index (χ0n) is 12.7. The van der Waals surface area contributed by atoms with E-state index in [-0.39, 0.29) is 23.7 Å². The maximum atomic E-state index is 13.0. The summed E-state index contributed by atoms with van der Waals surface area (Å²) in [6.07, 6.45) is -1.94. The molecule has 0 bridgehead atoms. The monoisotopic (exact) mass is 343 g/mol. The Morgan fingerprint density at radius 1 is 1.12 bits per heavy atom.